The highest BCUT2D eigenvalue weighted by Gasteiger charge is 2.40. The molecule has 5 heteroatoms. The molecule has 4 rings (SSSR count). The molecular formula is C17H18FN3O. The van der Waals surface area contributed by atoms with Crippen molar-refractivity contribution in [3.63, 3.8) is 0 Å². The predicted octanol–water partition coefficient (Wildman–Crippen LogP) is 2.71. The van der Waals surface area contributed by atoms with Crippen LogP contribution in [0.4, 0.5) is 4.39 Å². The van der Waals surface area contributed by atoms with E-state index < -0.39 is 0 Å². The fraction of sp³-hybridized carbons (Fsp3) is 0.412. The molecular weight excluding hydrogens is 281 g/mol. The fourth-order valence-electron chi connectivity index (χ4n) is 3.37. The fourth-order valence-corrected chi connectivity index (χ4v) is 3.37. The van der Waals surface area contributed by atoms with Crippen LogP contribution in [0.1, 0.15) is 52.5 Å². The van der Waals surface area contributed by atoms with Crippen LogP contribution in [0, 0.1) is 5.82 Å². The lowest BCUT2D eigenvalue weighted by Gasteiger charge is -2.11. The predicted molar refractivity (Wildman–Crippen MR) is 80.2 cm³/mol. The number of carbonyl (C=O) groups excluding carboxylic acids is 1. The molecule has 1 aromatic heterocycles. The van der Waals surface area contributed by atoms with Crippen molar-refractivity contribution in [1.82, 2.24) is 15.5 Å². The van der Waals surface area contributed by atoms with E-state index in [0.29, 0.717) is 5.69 Å². The Morgan fingerprint density at radius 2 is 2.18 bits per heavy atom. The number of hydrogen-bond acceptors (Lipinski definition) is 2. The van der Waals surface area contributed by atoms with Gasteiger partial charge in [0.15, 0.2) is 5.69 Å². The molecule has 22 heavy (non-hydrogen) atoms. The van der Waals surface area contributed by atoms with Gasteiger partial charge in [0.25, 0.3) is 5.91 Å². The molecule has 2 N–H and O–H groups in total. The van der Waals surface area contributed by atoms with Crippen LogP contribution >= 0.6 is 0 Å². The van der Waals surface area contributed by atoms with E-state index in [0.717, 1.165) is 48.9 Å². The first kappa shape index (κ1) is 13.5. The van der Waals surface area contributed by atoms with Crippen LogP contribution < -0.4 is 5.32 Å². The minimum Gasteiger partial charge on any atom is -0.347 e. The Hall–Kier alpha value is -2.17. The van der Waals surface area contributed by atoms with Gasteiger partial charge in [-0.2, -0.15) is 5.10 Å². The SMILES string of the molecule is O=C(N[C@@H]1C[C@H]1c1cccc(F)c1)c1n[nH]c2c1CCCC2. The molecule has 1 amide bonds. The first-order chi connectivity index (χ1) is 10.7. The van der Waals surface area contributed by atoms with Gasteiger partial charge in [-0.05, 0) is 49.8 Å². The van der Waals surface area contributed by atoms with E-state index in [1.165, 1.54) is 6.07 Å². The Morgan fingerprint density at radius 3 is 3.05 bits per heavy atom. The van der Waals surface area contributed by atoms with E-state index in [1.54, 1.807) is 12.1 Å². The lowest BCUT2D eigenvalue weighted by atomic mass is 9.96. The number of fused-ring (bicyclic) bond motifs is 1. The second-order valence-electron chi connectivity index (χ2n) is 6.21. The van der Waals surface area contributed by atoms with Crippen molar-refractivity contribution < 1.29 is 9.18 Å². The van der Waals surface area contributed by atoms with Crippen LogP contribution in [0.3, 0.4) is 0 Å². The molecule has 0 unspecified atom stereocenters. The van der Waals surface area contributed by atoms with Crippen LogP contribution in [-0.2, 0) is 12.8 Å². The molecule has 2 aromatic rings. The molecule has 0 aliphatic heterocycles. The minimum absolute atomic E-state index is 0.0882. The van der Waals surface area contributed by atoms with Crippen molar-refractivity contribution in [2.45, 2.75) is 44.1 Å². The zero-order valence-electron chi connectivity index (χ0n) is 12.2. The monoisotopic (exact) mass is 299 g/mol. The van der Waals surface area contributed by atoms with Crippen LogP contribution in [0.25, 0.3) is 0 Å². The average Bonchev–Trinajstić information content (AvgIpc) is 3.15. The van der Waals surface area contributed by atoms with Crippen molar-refractivity contribution >= 4 is 5.91 Å². The standard InChI is InChI=1S/C17H18FN3O/c18-11-5-3-4-10(8-11)13-9-15(13)19-17(22)16-12-6-1-2-7-14(12)20-21-16/h3-5,8,13,15H,1-2,6-7,9H2,(H,19,22)(H,20,21)/t13-,15+/m0/s1. The van der Waals surface area contributed by atoms with Gasteiger partial charge in [-0.15, -0.1) is 0 Å². The van der Waals surface area contributed by atoms with Crippen LogP contribution in [0.5, 0.6) is 0 Å². The number of hydrogen-bond donors (Lipinski definition) is 2. The zero-order chi connectivity index (χ0) is 15.1. The van der Waals surface area contributed by atoms with E-state index >= 15 is 0 Å². The zero-order valence-corrected chi connectivity index (χ0v) is 12.2. The summed E-state index contributed by atoms with van der Waals surface area (Å²) in [6.07, 6.45) is 5.03. The molecule has 0 bridgehead atoms. The number of nitrogens with one attached hydrogen (secondary N) is 2. The number of H-pyrrole nitrogens is 1. The van der Waals surface area contributed by atoms with E-state index in [4.69, 9.17) is 0 Å². The number of halogens is 1. The molecule has 2 aliphatic carbocycles. The summed E-state index contributed by atoms with van der Waals surface area (Å²) in [6, 6.07) is 6.70. The summed E-state index contributed by atoms with van der Waals surface area (Å²) in [4.78, 5) is 12.4. The highest BCUT2D eigenvalue weighted by Crippen LogP contribution is 2.41. The normalized spacial score (nSPS) is 23.0. The number of aromatic amines is 1. The second-order valence-corrected chi connectivity index (χ2v) is 6.21. The molecule has 0 spiro atoms. The van der Waals surface area contributed by atoms with E-state index in [1.807, 2.05) is 6.07 Å². The molecule has 2 atom stereocenters. The number of carbonyl (C=O) groups is 1. The van der Waals surface area contributed by atoms with Crippen molar-refractivity contribution in [2.75, 3.05) is 0 Å². The number of amides is 1. The van der Waals surface area contributed by atoms with Crippen molar-refractivity contribution in [1.29, 1.82) is 0 Å². The number of nitrogens with zero attached hydrogens (tertiary/aromatic N) is 1. The molecule has 1 saturated carbocycles. The maximum Gasteiger partial charge on any atom is 0.272 e. The molecule has 0 saturated heterocycles. The first-order valence-electron chi connectivity index (χ1n) is 7.85. The molecule has 114 valence electrons. The van der Waals surface area contributed by atoms with Gasteiger partial charge in [0.2, 0.25) is 0 Å². The van der Waals surface area contributed by atoms with Gasteiger partial charge in [-0.3, -0.25) is 9.89 Å². The smallest absolute Gasteiger partial charge is 0.272 e. The highest BCUT2D eigenvalue weighted by molar-refractivity contribution is 5.94. The minimum atomic E-state index is -0.226. The number of rotatable bonds is 3. The van der Waals surface area contributed by atoms with E-state index in [2.05, 4.69) is 15.5 Å². The quantitative estimate of drug-likeness (QED) is 0.915. The summed E-state index contributed by atoms with van der Waals surface area (Å²) < 4.78 is 13.3. The summed E-state index contributed by atoms with van der Waals surface area (Å²) in [6.45, 7) is 0. The molecule has 2 aliphatic rings. The van der Waals surface area contributed by atoms with Crippen LogP contribution in [-0.4, -0.2) is 22.1 Å². The third-order valence-corrected chi connectivity index (χ3v) is 4.66. The lowest BCUT2D eigenvalue weighted by Crippen LogP contribution is -2.28. The summed E-state index contributed by atoms with van der Waals surface area (Å²) in [5.41, 5.74) is 3.68. The average molecular weight is 299 g/mol. The first-order valence-corrected chi connectivity index (χ1v) is 7.85. The summed E-state index contributed by atoms with van der Waals surface area (Å²) in [5.74, 6) is -0.117. The van der Waals surface area contributed by atoms with Crippen molar-refractivity contribution in [3.8, 4) is 0 Å². The summed E-state index contributed by atoms with van der Waals surface area (Å²) >= 11 is 0. The molecule has 1 heterocycles. The highest BCUT2D eigenvalue weighted by atomic mass is 19.1. The number of benzene rings is 1. The second kappa shape index (κ2) is 5.23. The van der Waals surface area contributed by atoms with Crippen LogP contribution in [0.2, 0.25) is 0 Å². The van der Waals surface area contributed by atoms with E-state index in [-0.39, 0.29) is 23.7 Å². The molecule has 0 radical (unpaired) electrons. The topological polar surface area (TPSA) is 57.8 Å². The Balaban J connectivity index is 1.44. The van der Waals surface area contributed by atoms with Gasteiger partial charge in [-0.25, -0.2) is 4.39 Å². The van der Waals surface area contributed by atoms with Gasteiger partial charge in [0, 0.05) is 23.2 Å². The Kier molecular flexibility index (Phi) is 3.21. The third kappa shape index (κ3) is 2.40. The third-order valence-electron chi connectivity index (χ3n) is 4.66. The van der Waals surface area contributed by atoms with E-state index in [9.17, 15) is 9.18 Å². The molecule has 1 aromatic carbocycles. The van der Waals surface area contributed by atoms with Gasteiger partial charge >= 0.3 is 0 Å². The Labute approximate surface area is 128 Å². The number of aryl methyl sites for hydroxylation is 1. The lowest BCUT2D eigenvalue weighted by molar-refractivity contribution is 0.0944. The van der Waals surface area contributed by atoms with Crippen molar-refractivity contribution in [3.05, 3.63) is 52.6 Å². The molecule has 4 nitrogen and oxygen atoms in total. The summed E-state index contributed by atoms with van der Waals surface area (Å²) in [7, 11) is 0. The molecule has 1 fully saturated rings. The Morgan fingerprint density at radius 1 is 1.32 bits per heavy atom. The number of aromatic nitrogens is 2. The largest absolute Gasteiger partial charge is 0.347 e. The van der Waals surface area contributed by atoms with Crippen molar-refractivity contribution in [2.24, 2.45) is 0 Å². The van der Waals surface area contributed by atoms with Gasteiger partial charge in [0.1, 0.15) is 5.82 Å². The summed E-state index contributed by atoms with van der Waals surface area (Å²) in [5, 5.41) is 10.2. The van der Waals surface area contributed by atoms with Crippen LogP contribution in [0.15, 0.2) is 24.3 Å². The maximum absolute atomic E-state index is 13.3. The van der Waals surface area contributed by atoms with Gasteiger partial charge < -0.3 is 5.32 Å². The maximum atomic E-state index is 13.3. The van der Waals surface area contributed by atoms with Gasteiger partial charge in [0.05, 0.1) is 0 Å². The van der Waals surface area contributed by atoms with Gasteiger partial charge in [-0.1, -0.05) is 12.1 Å². The Bertz CT molecular complexity index is 724.